The third kappa shape index (κ3) is 3.64. The molecular weight excluding hydrogens is 334 g/mol. The molecular formula is C19H17N3O2S. The Morgan fingerprint density at radius 2 is 2.16 bits per heavy atom. The first-order valence-electron chi connectivity index (χ1n) is 8.03. The molecule has 2 aromatic heterocycles. The van der Waals surface area contributed by atoms with Crippen molar-refractivity contribution in [3.8, 4) is 0 Å². The van der Waals surface area contributed by atoms with Crippen molar-refractivity contribution >= 4 is 28.0 Å². The molecule has 5 nitrogen and oxygen atoms in total. The molecule has 2 aromatic rings. The van der Waals surface area contributed by atoms with Gasteiger partial charge in [-0.1, -0.05) is 18.2 Å². The Balaban J connectivity index is 1.48. The minimum atomic E-state index is 0.606. The Morgan fingerprint density at radius 1 is 1.24 bits per heavy atom. The maximum atomic E-state index is 5.99. The van der Waals surface area contributed by atoms with Gasteiger partial charge in [-0.15, -0.1) is 11.3 Å². The van der Waals surface area contributed by atoms with E-state index in [1.165, 1.54) is 11.3 Å². The highest BCUT2D eigenvalue weighted by molar-refractivity contribution is 7.13. The fraction of sp³-hybridized carbons (Fsp3) is 0.158. The van der Waals surface area contributed by atoms with Crippen LogP contribution < -0.4 is 5.32 Å². The number of hydrogen-bond acceptors (Lipinski definition) is 6. The molecule has 6 heteroatoms. The number of thiazole rings is 1. The summed E-state index contributed by atoms with van der Waals surface area (Å²) in [5.74, 6) is 2.12. The normalized spacial score (nSPS) is 16.3. The number of nitrogens with one attached hydrogen (secondary N) is 1. The third-order valence-electron chi connectivity index (χ3n) is 3.81. The van der Waals surface area contributed by atoms with Gasteiger partial charge in [0.1, 0.15) is 24.0 Å². The Bertz CT molecular complexity index is 909. The van der Waals surface area contributed by atoms with E-state index in [9.17, 15) is 0 Å². The van der Waals surface area contributed by atoms with E-state index in [-0.39, 0.29) is 0 Å². The first-order valence-corrected chi connectivity index (χ1v) is 8.91. The number of pyridine rings is 1. The van der Waals surface area contributed by atoms with E-state index in [1.807, 2.05) is 30.5 Å². The fourth-order valence-corrected chi connectivity index (χ4v) is 3.25. The van der Waals surface area contributed by atoms with Gasteiger partial charge in [-0.25, -0.2) is 9.97 Å². The summed E-state index contributed by atoms with van der Waals surface area (Å²) in [6, 6.07) is 3.93. The second kappa shape index (κ2) is 6.94. The van der Waals surface area contributed by atoms with Crippen LogP contribution in [0.2, 0.25) is 0 Å². The average molecular weight is 351 g/mol. The van der Waals surface area contributed by atoms with Crippen molar-refractivity contribution < 1.29 is 9.47 Å². The van der Waals surface area contributed by atoms with Crippen molar-refractivity contribution in [2.45, 2.75) is 19.8 Å². The van der Waals surface area contributed by atoms with Crippen molar-refractivity contribution in [3.63, 3.8) is 0 Å². The second-order valence-electron chi connectivity index (χ2n) is 5.74. The molecule has 0 radical (unpaired) electrons. The summed E-state index contributed by atoms with van der Waals surface area (Å²) in [6.07, 6.45) is 13.2. The summed E-state index contributed by atoms with van der Waals surface area (Å²) in [5, 5.41) is 5.91. The minimum Gasteiger partial charge on any atom is -0.465 e. The second-order valence-corrected chi connectivity index (χ2v) is 6.60. The Hall–Kier alpha value is -2.86. The van der Waals surface area contributed by atoms with Crippen molar-refractivity contribution in [1.82, 2.24) is 9.97 Å². The highest BCUT2D eigenvalue weighted by Gasteiger charge is 2.18. The summed E-state index contributed by atoms with van der Waals surface area (Å²) in [5.41, 5.74) is 3.01. The summed E-state index contributed by atoms with van der Waals surface area (Å²) in [6.45, 7) is 2.03. The predicted molar refractivity (Wildman–Crippen MR) is 99.1 cm³/mol. The number of anilines is 2. The molecule has 4 rings (SSSR count). The van der Waals surface area contributed by atoms with Crippen molar-refractivity contribution in [2.24, 2.45) is 0 Å². The molecule has 1 N–H and O–H groups in total. The van der Waals surface area contributed by atoms with Crippen molar-refractivity contribution in [2.75, 3.05) is 5.32 Å². The molecule has 0 saturated carbocycles. The topological polar surface area (TPSA) is 56.3 Å². The molecule has 3 heterocycles. The number of rotatable bonds is 4. The summed E-state index contributed by atoms with van der Waals surface area (Å²) >= 11 is 1.50. The Kier molecular flexibility index (Phi) is 4.35. The van der Waals surface area contributed by atoms with E-state index >= 15 is 0 Å². The third-order valence-corrected chi connectivity index (χ3v) is 4.57. The van der Waals surface area contributed by atoms with E-state index in [0.717, 1.165) is 46.4 Å². The fourth-order valence-electron chi connectivity index (χ4n) is 2.54. The van der Waals surface area contributed by atoms with Gasteiger partial charge in [0.15, 0.2) is 16.6 Å². The summed E-state index contributed by atoms with van der Waals surface area (Å²) in [4.78, 5) is 8.86. The predicted octanol–water partition coefficient (Wildman–Crippen LogP) is 5.05. The molecule has 0 atom stereocenters. The average Bonchev–Trinajstić information content (AvgIpc) is 3.11. The van der Waals surface area contributed by atoms with Crippen LogP contribution in [-0.2, 0) is 9.47 Å². The largest absolute Gasteiger partial charge is 0.465 e. The van der Waals surface area contributed by atoms with Crippen LogP contribution in [0.15, 0.2) is 65.8 Å². The van der Waals surface area contributed by atoms with Crippen LogP contribution >= 0.6 is 11.3 Å². The molecule has 1 aliphatic carbocycles. The van der Waals surface area contributed by atoms with Crippen LogP contribution in [0.25, 0.3) is 5.76 Å². The SMILES string of the molecule is Cc1ccnc(Nc2nc(C3=COC=C(C4=CC=CCC4)O3)cs2)c1. The van der Waals surface area contributed by atoms with Gasteiger partial charge in [0.25, 0.3) is 0 Å². The van der Waals surface area contributed by atoms with Gasteiger partial charge in [0.05, 0.1) is 0 Å². The molecule has 126 valence electrons. The number of hydrogen-bond donors (Lipinski definition) is 1. The van der Waals surface area contributed by atoms with E-state index in [2.05, 4.69) is 27.4 Å². The van der Waals surface area contributed by atoms with Crippen LogP contribution in [0.1, 0.15) is 24.1 Å². The minimum absolute atomic E-state index is 0.606. The monoisotopic (exact) mass is 351 g/mol. The highest BCUT2D eigenvalue weighted by Crippen LogP contribution is 2.32. The molecule has 0 amide bonds. The Labute approximate surface area is 150 Å². The van der Waals surface area contributed by atoms with E-state index < -0.39 is 0 Å². The molecule has 0 spiro atoms. The van der Waals surface area contributed by atoms with E-state index in [0.29, 0.717) is 5.76 Å². The van der Waals surface area contributed by atoms with Gasteiger partial charge >= 0.3 is 0 Å². The smallest absolute Gasteiger partial charge is 0.189 e. The molecule has 1 aliphatic heterocycles. The molecule has 0 saturated heterocycles. The van der Waals surface area contributed by atoms with Gasteiger partial charge in [0, 0.05) is 11.6 Å². The zero-order valence-electron chi connectivity index (χ0n) is 13.7. The number of aryl methyl sites for hydroxylation is 1. The number of allylic oxidation sites excluding steroid dienone is 4. The highest BCUT2D eigenvalue weighted by atomic mass is 32.1. The molecule has 0 bridgehead atoms. The first kappa shape index (κ1) is 15.7. The quantitative estimate of drug-likeness (QED) is 0.835. The van der Waals surface area contributed by atoms with Gasteiger partial charge in [0.2, 0.25) is 0 Å². The number of nitrogens with zero attached hydrogens (tertiary/aromatic N) is 2. The van der Waals surface area contributed by atoms with Gasteiger partial charge in [-0.3, -0.25) is 0 Å². The lowest BCUT2D eigenvalue weighted by molar-refractivity contribution is 0.284. The van der Waals surface area contributed by atoms with Crippen LogP contribution in [0, 0.1) is 6.92 Å². The molecule has 0 fully saturated rings. The molecule has 25 heavy (non-hydrogen) atoms. The van der Waals surface area contributed by atoms with Gasteiger partial charge in [-0.05, 0) is 43.0 Å². The lowest BCUT2D eigenvalue weighted by atomic mass is 10.0. The lowest BCUT2D eigenvalue weighted by Gasteiger charge is -2.18. The van der Waals surface area contributed by atoms with Gasteiger partial charge in [-0.2, -0.15) is 0 Å². The summed E-state index contributed by atoms with van der Waals surface area (Å²) < 4.78 is 11.5. The first-order chi connectivity index (χ1) is 12.3. The molecule has 2 aliphatic rings. The lowest BCUT2D eigenvalue weighted by Crippen LogP contribution is -2.03. The van der Waals surface area contributed by atoms with Crippen molar-refractivity contribution in [3.05, 3.63) is 77.1 Å². The van der Waals surface area contributed by atoms with Crippen LogP contribution in [-0.4, -0.2) is 9.97 Å². The Morgan fingerprint density at radius 3 is 3.00 bits per heavy atom. The maximum absolute atomic E-state index is 5.99. The van der Waals surface area contributed by atoms with E-state index in [1.54, 1.807) is 18.7 Å². The summed E-state index contributed by atoms with van der Waals surface area (Å²) in [7, 11) is 0. The molecule has 0 aromatic carbocycles. The van der Waals surface area contributed by atoms with Crippen molar-refractivity contribution in [1.29, 1.82) is 0 Å². The maximum Gasteiger partial charge on any atom is 0.189 e. The zero-order valence-corrected chi connectivity index (χ0v) is 14.5. The van der Waals surface area contributed by atoms with Crippen LogP contribution in [0.5, 0.6) is 0 Å². The molecule has 0 unspecified atom stereocenters. The van der Waals surface area contributed by atoms with Crippen LogP contribution in [0.4, 0.5) is 10.9 Å². The van der Waals surface area contributed by atoms with E-state index in [4.69, 9.17) is 9.47 Å². The van der Waals surface area contributed by atoms with Crippen LogP contribution in [0.3, 0.4) is 0 Å². The number of ether oxygens (including phenoxy) is 2. The zero-order chi connectivity index (χ0) is 17.1. The van der Waals surface area contributed by atoms with Gasteiger partial charge < -0.3 is 14.8 Å². The number of aromatic nitrogens is 2. The standard InChI is InChI=1S/C19H17N3O2S/c1-13-7-8-20-18(9-13)22-19-21-15(12-25-19)17-11-23-10-16(24-17)14-5-3-2-4-6-14/h2-3,5,7-12H,4,6H2,1H3,(H,20,21,22).